The smallest absolute Gasteiger partial charge is 0.227 e. The molecule has 1 aromatic rings. The van der Waals surface area contributed by atoms with Crippen LogP contribution in [0.1, 0.15) is 44.9 Å². The molecular formula is C19H29N5O2. The highest BCUT2D eigenvalue weighted by Crippen LogP contribution is 2.37. The SMILES string of the molecule is Nc1ccnc(N2CC[C@]3(O)CCN(C(=O)C4CCCCC4)C[C@@H]3C2)n1. The normalized spacial score (nSPS) is 30.1. The zero-order chi connectivity index (χ0) is 18.1. The highest BCUT2D eigenvalue weighted by Gasteiger charge is 2.46. The van der Waals surface area contributed by atoms with Gasteiger partial charge in [0.1, 0.15) is 5.82 Å². The van der Waals surface area contributed by atoms with Gasteiger partial charge in [-0.2, -0.15) is 4.98 Å². The first-order valence-electron chi connectivity index (χ1n) is 9.90. The van der Waals surface area contributed by atoms with E-state index in [1.54, 1.807) is 12.3 Å². The van der Waals surface area contributed by atoms with E-state index >= 15 is 0 Å². The molecule has 3 heterocycles. The van der Waals surface area contributed by atoms with E-state index in [4.69, 9.17) is 5.73 Å². The lowest BCUT2D eigenvalue weighted by Gasteiger charge is -2.50. The highest BCUT2D eigenvalue weighted by molar-refractivity contribution is 5.79. The van der Waals surface area contributed by atoms with Crippen molar-refractivity contribution in [3.8, 4) is 0 Å². The number of likely N-dealkylation sites (tertiary alicyclic amines) is 1. The van der Waals surface area contributed by atoms with E-state index in [0.717, 1.165) is 25.7 Å². The third-order valence-electron chi connectivity index (χ3n) is 6.48. The zero-order valence-corrected chi connectivity index (χ0v) is 15.3. The van der Waals surface area contributed by atoms with E-state index in [-0.39, 0.29) is 11.8 Å². The van der Waals surface area contributed by atoms with Gasteiger partial charge in [-0.15, -0.1) is 0 Å². The number of hydrogen-bond acceptors (Lipinski definition) is 6. The van der Waals surface area contributed by atoms with Crippen molar-refractivity contribution in [3.63, 3.8) is 0 Å². The Balaban J connectivity index is 1.45. The summed E-state index contributed by atoms with van der Waals surface area (Å²) < 4.78 is 0. The molecule has 1 aromatic heterocycles. The van der Waals surface area contributed by atoms with Crippen LogP contribution in [0, 0.1) is 11.8 Å². The van der Waals surface area contributed by atoms with Crippen LogP contribution in [-0.2, 0) is 4.79 Å². The van der Waals surface area contributed by atoms with Gasteiger partial charge in [0, 0.05) is 44.2 Å². The molecule has 1 amide bonds. The number of nitrogens with zero attached hydrogens (tertiary/aromatic N) is 4. The molecular weight excluding hydrogens is 330 g/mol. The number of fused-ring (bicyclic) bond motifs is 1. The Morgan fingerprint density at radius 1 is 1.19 bits per heavy atom. The van der Waals surface area contributed by atoms with Crippen LogP contribution in [0.2, 0.25) is 0 Å². The van der Waals surface area contributed by atoms with Crippen LogP contribution in [0.4, 0.5) is 11.8 Å². The van der Waals surface area contributed by atoms with Crippen LogP contribution in [0.5, 0.6) is 0 Å². The number of hydrogen-bond donors (Lipinski definition) is 2. The van der Waals surface area contributed by atoms with Gasteiger partial charge in [0.25, 0.3) is 0 Å². The Bertz CT molecular complexity index is 663. The molecule has 3 aliphatic rings. The fourth-order valence-electron chi connectivity index (χ4n) is 4.81. The molecule has 1 aliphatic carbocycles. The Kier molecular flexibility index (Phi) is 4.73. The average Bonchev–Trinajstić information content (AvgIpc) is 2.67. The summed E-state index contributed by atoms with van der Waals surface area (Å²) in [7, 11) is 0. The molecule has 26 heavy (non-hydrogen) atoms. The van der Waals surface area contributed by atoms with Crippen molar-refractivity contribution in [1.82, 2.24) is 14.9 Å². The molecule has 3 N–H and O–H groups in total. The molecule has 7 nitrogen and oxygen atoms in total. The lowest BCUT2D eigenvalue weighted by molar-refractivity contribution is -0.146. The third-order valence-corrected chi connectivity index (χ3v) is 6.48. The predicted molar refractivity (Wildman–Crippen MR) is 99.5 cm³/mol. The molecule has 1 saturated carbocycles. The van der Waals surface area contributed by atoms with Crippen molar-refractivity contribution < 1.29 is 9.90 Å². The second-order valence-corrected chi connectivity index (χ2v) is 8.15. The first-order valence-corrected chi connectivity index (χ1v) is 9.90. The molecule has 0 radical (unpaired) electrons. The number of aromatic nitrogens is 2. The van der Waals surface area contributed by atoms with Crippen molar-refractivity contribution in [2.75, 3.05) is 36.8 Å². The first kappa shape index (κ1) is 17.5. The first-order chi connectivity index (χ1) is 12.5. The largest absolute Gasteiger partial charge is 0.389 e. The maximum Gasteiger partial charge on any atom is 0.227 e. The van der Waals surface area contributed by atoms with Crippen molar-refractivity contribution in [3.05, 3.63) is 12.3 Å². The molecule has 0 bridgehead atoms. The Morgan fingerprint density at radius 3 is 2.73 bits per heavy atom. The molecule has 2 aliphatic heterocycles. The second-order valence-electron chi connectivity index (χ2n) is 8.15. The van der Waals surface area contributed by atoms with Gasteiger partial charge in [-0.1, -0.05) is 19.3 Å². The van der Waals surface area contributed by atoms with E-state index in [1.165, 1.54) is 6.42 Å². The van der Waals surface area contributed by atoms with E-state index < -0.39 is 5.60 Å². The Morgan fingerprint density at radius 2 is 1.96 bits per heavy atom. The second kappa shape index (κ2) is 7.02. The van der Waals surface area contributed by atoms with Gasteiger partial charge in [-0.05, 0) is 31.7 Å². The number of carbonyl (C=O) groups excluding carboxylic acids is 1. The van der Waals surface area contributed by atoms with E-state index in [2.05, 4.69) is 14.9 Å². The van der Waals surface area contributed by atoms with Crippen LogP contribution < -0.4 is 10.6 Å². The summed E-state index contributed by atoms with van der Waals surface area (Å²) in [5, 5.41) is 11.1. The molecule has 0 spiro atoms. The van der Waals surface area contributed by atoms with Crippen molar-refractivity contribution in [1.29, 1.82) is 0 Å². The van der Waals surface area contributed by atoms with Crippen LogP contribution >= 0.6 is 0 Å². The van der Waals surface area contributed by atoms with Gasteiger partial charge in [-0.25, -0.2) is 4.98 Å². The summed E-state index contributed by atoms with van der Waals surface area (Å²) in [4.78, 5) is 25.6. The topological polar surface area (TPSA) is 95.6 Å². The van der Waals surface area contributed by atoms with Gasteiger partial charge in [0.05, 0.1) is 5.60 Å². The van der Waals surface area contributed by atoms with Crippen molar-refractivity contribution in [2.24, 2.45) is 11.8 Å². The molecule has 3 fully saturated rings. The minimum Gasteiger partial charge on any atom is -0.389 e. The standard InChI is InChI=1S/C19H29N5O2/c20-16-6-9-21-18(22-16)24-11-8-19(26)7-10-23(12-15(19)13-24)17(25)14-4-2-1-3-5-14/h6,9,14-15,26H,1-5,7-8,10-13H2,(H2,20,21,22)/t15-,19-/m1/s1. The van der Waals surface area contributed by atoms with Crippen LogP contribution in [0.3, 0.4) is 0 Å². The molecule has 0 aromatic carbocycles. The van der Waals surface area contributed by atoms with Gasteiger partial charge in [0.2, 0.25) is 11.9 Å². The van der Waals surface area contributed by atoms with Crippen molar-refractivity contribution in [2.45, 2.75) is 50.5 Å². The van der Waals surface area contributed by atoms with E-state index in [9.17, 15) is 9.90 Å². The summed E-state index contributed by atoms with van der Waals surface area (Å²) in [6.45, 7) is 2.68. The van der Waals surface area contributed by atoms with E-state index in [1.807, 2.05) is 4.90 Å². The number of piperidine rings is 2. The fraction of sp³-hybridized carbons (Fsp3) is 0.737. The maximum absolute atomic E-state index is 12.9. The number of nitrogens with two attached hydrogens (primary N) is 1. The van der Waals surface area contributed by atoms with Gasteiger partial charge < -0.3 is 20.6 Å². The molecule has 2 saturated heterocycles. The Labute approximate surface area is 154 Å². The van der Waals surface area contributed by atoms with Crippen LogP contribution in [0.15, 0.2) is 12.3 Å². The number of nitrogen functional groups attached to an aromatic ring is 1. The number of rotatable bonds is 2. The molecule has 0 unspecified atom stereocenters. The lowest BCUT2D eigenvalue weighted by Crippen LogP contribution is -2.61. The quantitative estimate of drug-likeness (QED) is 0.829. The summed E-state index contributed by atoms with van der Waals surface area (Å²) in [6.07, 6.45) is 8.64. The molecule has 142 valence electrons. The number of anilines is 2. The fourth-order valence-corrected chi connectivity index (χ4v) is 4.81. The minimum atomic E-state index is -0.680. The van der Waals surface area contributed by atoms with Crippen LogP contribution in [-0.4, -0.2) is 57.7 Å². The van der Waals surface area contributed by atoms with Gasteiger partial charge in [0.15, 0.2) is 0 Å². The number of amides is 1. The summed E-state index contributed by atoms with van der Waals surface area (Å²) in [5.41, 5.74) is 5.11. The Hall–Kier alpha value is -1.89. The molecule has 7 heteroatoms. The average molecular weight is 359 g/mol. The minimum absolute atomic E-state index is 0.0302. The summed E-state index contributed by atoms with van der Waals surface area (Å²) >= 11 is 0. The molecule has 4 rings (SSSR count). The summed E-state index contributed by atoms with van der Waals surface area (Å²) in [5.74, 6) is 1.58. The molecule has 2 atom stereocenters. The van der Waals surface area contributed by atoms with E-state index in [0.29, 0.717) is 56.7 Å². The number of carbonyl (C=O) groups is 1. The monoisotopic (exact) mass is 359 g/mol. The number of aliphatic hydroxyl groups is 1. The van der Waals surface area contributed by atoms with Crippen molar-refractivity contribution >= 4 is 17.7 Å². The van der Waals surface area contributed by atoms with Gasteiger partial charge in [-0.3, -0.25) is 4.79 Å². The highest BCUT2D eigenvalue weighted by atomic mass is 16.3. The zero-order valence-electron chi connectivity index (χ0n) is 15.3. The van der Waals surface area contributed by atoms with Crippen LogP contribution in [0.25, 0.3) is 0 Å². The lowest BCUT2D eigenvalue weighted by atomic mass is 9.75. The predicted octanol–water partition coefficient (Wildman–Crippen LogP) is 1.43. The third kappa shape index (κ3) is 3.37. The van der Waals surface area contributed by atoms with Gasteiger partial charge >= 0.3 is 0 Å². The summed E-state index contributed by atoms with van der Waals surface area (Å²) in [6, 6.07) is 1.68. The maximum atomic E-state index is 12.9.